The summed E-state index contributed by atoms with van der Waals surface area (Å²) in [6, 6.07) is 9.09. The van der Waals surface area contributed by atoms with Crippen LogP contribution in [0, 0.1) is 24.1 Å². The maximum Gasteiger partial charge on any atom is 0.209 e. The number of aryl methyl sites for hydroxylation is 1. The Morgan fingerprint density at radius 3 is 2.97 bits per heavy atom. The number of halogens is 1. The highest BCUT2D eigenvalue weighted by molar-refractivity contribution is 5.90. The standard InChI is InChI=1S/C23H17FN8O/c1-13-2-3-15(22-28-11-30-32(13)22)17-10-27-23(31-12-29-19(8-25)21(17)31)26-9-16-14-6-7-33-20(14)5-4-18(16)24/h2-5,10-12H,6-7,9H2,1H3,(H,26,27). The van der Waals surface area contributed by atoms with E-state index in [9.17, 15) is 9.65 Å². The number of nitrogens with zero attached hydrogens (tertiary/aromatic N) is 7. The van der Waals surface area contributed by atoms with E-state index in [1.54, 1.807) is 21.2 Å². The molecule has 1 aliphatic rings. The van der Waals surface area contributed by atoms with Crippen LogP contribution in [0.2, 0.25) is 0 Å². The van der Waals surface area contributed by atoms with Crippen LogP contribution in [-0.4, -0.2) is 35.6 Å². The highest BCUT2D eigenvalue weighted by atomic mass is 19.1. The van der Waals surface area contributed by atoms with Crippen molar-refractivity contribution in [3.63, 3.8) is 0 Å². The van der Waals surface area contributed by atoms with Gasteiger partial charge in [-0.3, -0.25) is 4.40 Å². The van der Waals surface area contributed by atoms with Crippen molar-refractivity contribution in [2.24, 2.45) is 0 Å². The summed E-state index contributed by atoms with van der Waals surface area (Å²) in [6.07, 6.45) is 5.37. The molecule has 5 aromatic rings. The van der Waals surface area contributed by atoms with Crippen molar-refractivity contribution in [1.82, 2.24) is 29.0 Å². The fourth-order valence-electron chi connectivity index (χ4n) is 4.34. The topological polar surface area (TPSA) is 105 Å². The minimum absolute atomic E-state index is 0.221. The summed E-state index contributed by atoms with van der Waals surface area (Å²) in [5.41, 5.74) is 5.34. The van der Waals surface area contributed by atoms with Crippen LogP contribution in [0.5, 0.6) is 5.75 Å². The Hall–Kier alpha value is -4.52. The largest absolute Gasteiger partial charge is 0.493 e. The van der Waals surface area contributed by atoms with Gasteiger partial charge >= 0.3 is 0 Å². The zero-order chi connectivity index (χ0) is 22.5. The number of nitriles is 1. The summed E-state index contributed by atoms with van der Waals surface area (Å²) in [7, 11) is 0. The van der Waals surface area contributed by atoms with Gasteiger partial charge in [-0.05, 0) is 31.2 Å². The zero-order valence-corrected chi connectivity index (χ0v) is 17.6. The third-order valence-corrected chi connectivity index (χ3v) is 5.94. The molecule has 10 heteroatoms. The van der Waals surface area contributed by atoms with Gasteiger partial charge in [-0.15, -0.1) is 0 Å². The predicted octanol–water partition coefficient (Wildman–Crippen LogP) is 3.31. The molecule has 162 valence electrons. The van der Waals surface area contributed by atoms with Crippen molar-refractivity contribution in [2.45, 2.75) is 19.9 Å². The van der Waals surface area contributed by atoms with Crippen molar-refractivity contribution < 1.29 is 9.13 Å². The molecule has 0 atom stereocenters. The lowest BCUT2D eigenvalue weighted by molar-refractivity contribution is 0.356. The molecule has 1 N–H and O–H groups in total. The summed E-state index contributed by atoms with van der Waals surface area (Å²) < 4.78 is 23.6. The fraction of sp³-hybridized carbons (Fsp3) is 0.174. The van der Waals surface area contributed by atoms with Gasteiger partial charge in [-0.1, -0.05) is 0 Å². The molecule has 6 rings (SSSR count). The van der Waals surface area contributed by atoms with Crippen molar-refractivity contribution in [3.8, 4) is 22.9 Å². The highest BCUT2D eigenvalue weighted by Gasteiger charge is 2.21. The average molecular weight is 440 g/mol. The molecule has 1 aromatic carbocycles. The van der Waals surface area contributed by atoms with E-state index in [1.807, 2.05) is 19.1 Å². The van der Waals surface area contributed by atoms with E-state index in [-0.39, 0.29) is 18.1 Å². The second kappa shape index (κ2) is 7.27. The SMILES string of the molecule is Cc1ccc(-c2cnc(NCc3c(F)ccc4c3CCO4)n3cnc(C#N)c23)c2ncnn12. The van der Waals surface area contributed by atoms with Crippen molar-refractivity contribution >= 4 is 17.1 Å². The van der Waals surface area contributed by atoms with E-state index in [1.165, 1.54) is 18.7 Å². The molecule has 0 fully saturated rings. The van der Waals surface area contributed by atoms with Gasteiger partial charge in [0.1, 0.15) is 30.3 Å². The fourth-order valence-corrected chi connectivity index (χ4v) is 4.34. The van der Waals surface area contributed by atoms with Crippen LogP contribution in [0.25, 0.3) is 22.3 Å². The van der Waals surface area contributed by atoms with E-state index in [0.717, 1.165) is 16.8 Å². The zero-order valence-electron chi connectivity index (χ0n) is 17.6. The molecule has 0 saturated carbocycles. The number of rotatable bonds is 4. The molecule has 0 radical (unpaired) electrons. The van der Waals surface area contributed by atoms with Crippen LogP contribution < -0.4 is 10.1 Å². The quantitative estimate of drug-likeness (QED) is 0.457. The first-order chi connectivity index (χ1) is 16.2. The molecule has 4 aromatic heterocycles. The number of aromatic nitrogens is 6. The molecular weight excluding hydrogens is 423 g/mol. The Bertz CT molecular complexity index is 1600. The van der Waals surface area contributed by atoms with Gasteiger partial charge in [0.05, 0.1) is 12.1 Å². The van der Waals surface area contributed by atoms with Crippen LogP contribution in [-0.2, 0) is 13.0 Å². The highest BCUT2D eigenvalue weighted by Crippen LogP contribution is 2.33. The number of benzene rings is 1. The van der Waals surface area contributed by atoms with Gasteiger partial charge in [0, 0.05) is 47.1 Å². The Kier molecular flexibility index (Phi) is 4.23. The van der Waals surface area contributed by atoms with E-state index in [0.29, 0.717) is 47.0 Å². The molecule has 0 spiro atoms. The van der Waals surface area contributed by atoms with Crippen LogP contribution in [0.4, 0.5) is 10.3 Å². The molecule has 0 bridgehead atoms. The Morgan fingerprint density at radius 2 is 2.09 bits per heavy atom. The second-order valence-electron chi connectivity index (χ2n) is 7.76. The molecule has 9 nitrogen and oxygen atoms in total. The Morgan fingerprint density at radius 1 is 1.18 bits per heavy atom. The van der Waals surface area contributed by atoms with Crippen LogP contribution in [0.3, 0.4) is 0 Å². The van der Waals surface area contributed by atoms with Crippen molar-refractivity contribution in [1.29, 1.82) is 5.26 Å². The first-order valence-corrected chi connectivity index (χ1v) is 10.4. The predicted molar refractivity (Wildman–Crippen MR) is 117 cm³/mol. The molecular formula is C23H17FN8O. The number of hydrogen-bond donors (Lipinski definition) is 1. The van der Waals surface area contributed by atoms with Gasteiger partial charge in [0.2, 0.25) is 5.95 Å². The monoisotopic (exact) mass is 440 g/mol. The first kappa shape index (κ1) is 19.2. The summed E-state index contributed by atoms with van der Waals surface area (Å²) in [4.78, 5) is 13.2. The average Bonchev–Trinajstić information content (AvgIpc) is 3.58. The van der Waals surface area contributed by atoms with E-state index in [4.69, 9.17) is 4.74 Å². The number of fused-ring (bicyclic) bond motifs is 3. The van der Waals surface area contributed by atoms with Crippen LogP contribution in [0.15, 0.2) is 43.1 Å². The number of ether oxygens (including phenoxy) is 1. The van der Waals surface area contributed by atoms with Crippen molar-refractivity contribution in [3.05, 3.63) is 71.4 Å². The molecule has 0 aliphatic carbocycles. The lowest BCUT2D eigenvalue weighted by Gasteiger charge is -2.14. The molecule has 1 aliphatic heterocycles. The van der Waals surface area contributed by atoms with E-state index < -0.39 is 0 Å². The Labute approximate surface area is 187 Å². The van der Waals surface area contributed by atoms with E-state index >= 15 is 0 Å². The smallest absolute Gasteiger partial charge is 0.209 e. The summed E-state index contributed by atoms with van der Waals surface area (Å²) >= 11 is 0. The van der Waals surface area contributed by atoms with Gasteiger partial charge in [0.25, 0.3) is 0 Å². The Balaban J connectivity index is 1.46. The number of anilines is 1. The first-order valence-electron chi connectivity index (χ1n) is 10.4. The van der Waals surface area contributed by atoms with Crippen LogP contribution >= 0.6 is 0 Å². The lowest BCUT2D eigenvalue weighted by atomic mass is 10.0. The maximum atomic E-state index is 14.6. The van der Waals surface area contributed by atoms with Gasteiger partial charge in [-0.25, -0.2) is 23.9 Å². The molecule has 33 heavy (non-hydrogen) atoms. The third kappa shape index (κ3) is 2.90. The summed E-state index contributed by atoms with van der Waals surface area (Å²) in [6.45, 7) is 2.71. The van der Waals surface area contributed by atoms with Gasteiger partial charge in [0.15, 0.2) is 11.3 Å². The second-order valence-corrected chi connectivity index (χ2v) is 7.76. The molecule has 0 saturated heterocycles. The number of imidazole rings is 1. The number of nitrogens with one attached hydrogen (secondary N) is 1. The maximum absolute atomic E-state index is 14.6. The summed E-state index contributed by atoms with van der Waals surface area (Å²) in [5, 5.41) is 17.2. The third-order valence-electron chi connectivity index (χ3n) is 5.94. The minimum Gasteiger partial charge on any atom is -0.493 e. The molecule has 5 heterocycles. The minimum atomic E-state index is -0.295. The number of hydrogen-bond acceptors (Lipinski definition) is 7. The lowest BCUT2D eigenvalue weighted by Crippen LogP contribution is -2.10. The van der Waals surface area contributed by atoms with Gasteiger partial charge < -0.3 is 10.1 Å². The van der Waals surface area contributed by atoms with E-state index in [2.05, 4.69) is 31.4 Å². The van der Waals surface area contributed by atoms with Crippen LogP contribution in [0.1, 0.15) is 22.5 Å². The molecule has 0 amide bonds. The molecule has 0 unspecified atom stereocenters. The summed E-state index contributed by atoms with van der Waals surface area (Å²) in [5.74, 6) is 0.868. The number of pyridine rings is 1. The van der Waals surface area contributed by atoms with Crippen molar-refractivity contribution in [2.75, 3.05) is 11.9 Å². The van der Waals surface area contributed by atoms with Gasteiger partial charge in [-0.2, -0.15) is 10.4 Å². The normalized spacial score (nSPS) is 12.6.